The van der Waals surface area contributed by atoms with E-state index in [0.717, 1.165) is 11.0 Å². The third-order valence-corrected chi connectivity index (χ3v) is 4.80. The Morgan fingerprint density at radius 1 is 1.36 bits per heavy atom. The first-order chi connectivity index (χ1) is 12.8. The molecule has 28 heavy (non-hydrogen) atoms. The molecule has 13 nitrogen and oxygen atoms in total. The summed E-state index contributed by atoms with van der Waals surface area (Å²) in [4.78, 5) is 26.7. The van der Waals surface area contributed by atoms with Gasteiger partial charge in [-0.1, -0.05) is 18.2 Å². The number of amides is 1. The van der Waals surface area contributed by atoms with Gasteiger partial charge in [-0.05, 0) is 12.1 Å². The first kappa shape index (κ1) is 21.9. The van der Waals surface area contributed by atoms with Gasteiger partial charge in [0.05, 0.1) is 0 Å². The summed E-state index contributed by atoms with van der Waals surface area (Å²) in [5, 5.41) is 26.1. The number of carbonyl (C=O) groups is 1. The Labute approximate surface area is 159 Å². The van der Waals surface area contributed by atoms with Crippen LogP contribution in [0.4, 0.5) is 0 Å². The van der Waals surface area contributed by atoms with E-state index in [1.54, 1.807) is 18.2 Å². The van der Waals surface area contributed by atoms with Crippen LogP contribution in [-0.4, -0.2) is 55.7 Å². The largest absolute Gasteiger partial charge is 0.756 e. The van der Waals surface area contributed by atoms with Gasteiger partial charge in [-0.3, -0.25) is 9.36 Å². The van der Waals surface area contributed by atoms with Gasteiger partial charge < -0.3 is 36.3 Å². The van der Waals surface area contributed by atoms with Crippen molar-refractivity contribution in [2.45, 2.75) is 24.5 Å². The molecule has 0 radical (unpaired) electrons. The van der Waals surface area contributed by atoms with Gasteiger partial charge in [-0.15, -0.1) is 5.10 Å². The van der Waals surface area contributed by atoms with Crippen LogP contribution in [0.3, 0.4) is 0 Å². The van der Waals surface area contributed by atoms with Gasteiger partial charge in [-0.25, -0.2) is 14.8 Å². The van der Waals surface area contributed by atoms with Crippen molar-refractivity contribution in [3.63, 3.8) is 0 Å². The van der Waals surface area contributed by atoms with Crippen molar-refractivity contribution in [3.05, 3.63) is 42.5 Å². The Kier molecular flexibility index (Phi) is 6.85. The molecule has 1 amide bonds. The molecule has 2 heterocycles. The molecule has 14 heteroatoms. The molecule has 2 unspecified atom stereocenters. The minimum absolute atomic E-state index is 0. The summed E-state index contributed by atoms with van der Waals surface area (Å²) >= 11 is 0. The van der Waals surface area contributed by atoms with Gasteiger partial charge >= 0.3 is 0 Å². The number of primary amides is 1. The summed E-state index contributed by atoms with van der Waals surface area (Å²) in [7, 11) is -4.48. The van der Waals surface area contributed by atoms with Crippen molar-refractivity contribution in [2.24, 2.45) is 5.73 Å². The van der Waals surface area contributed by atoms with Crippen LogP contribution in [0, 0.1) is 0 Å². The zero-order chi connectivity index (χ0) is 19.6. The third kappa shape index (κ3) is 4.91. The highest BCUT2D eigenvalue weighted by atomic mass is 31.2. The fraction of sp³-hybridized carbons (Fsp3) is 0.357. The molecule has 0 aliphatic carbocycles. The minimum Gasteiger partial charge on any atom is -0.756 e. The van der Waals surface area contributed by atoms with Gasteiger partial charge in [0.15, 0.2) is 6.23 Å². The molecule has 1 aliphatic heterocycles. The fourth-order valence-electron chi connectivity index (χ4n) is 2.48. The SMILES string of the molecule is NC(=O)c1ncn(C2O[C@H](CNP(=O)([O-])Oc3ccccc3)[C@@H](O)[C@H]2O)n1.[NH4+]. The summed E-state index contributed by atoms with van der Waals surface area (Å²) in [5.74, 6) is -1.04. The number of aliphatic hydroxyl groups is 2. The number of para-hydroxylation sites is 1. The number of hydrogen-bond donors (Lipinski definition) is 5. The van der Waals surface area contributed by atoms with E-state index < -0.39 is 38.2 Å². The number of nitrogens with zero attached hydrogens (tertiary/aromatic N) is 3. The maximum atomic E-state index is 12.0. The predicted molar refractivity (Wildman–Crippen MR) is 93.1 cm³/mol. The van der Waals surface area contributed by atoms with Crippen LogP contribution in [0.5, 0.6) is 5.75 Å². The number of aliphatic hydroxyl groups excluding tert-OH is 2. The molecule has 1 aromatic carbocycles. The number of nitrogens with two attached hydrogens (primary N) is 1. The Hall–Kier alpha value is -2.38. The number of carbonyl (C=O) groups excluding carboxylic acids is 1. The number of hydrogen-bond acceptors (Lipinski definition) is 9. The average molecular weight is 416 g/mol. The van der Waals surface area contributed by atoms with Crippen molar-refractivity contribution in [1.82, 2.24) is 26.0 Å². The molecule has 1 aromatic heterocycles. The van der Waals surface area contributed by atoms with E-state index >= 15 is 0 Å². The van der Waals surface area contributed by atoms with Gasteiger partial charge in [0, 0.05) is 6.54 Å². The first-order valence-electron chi connectivity index (χ1n) is 7.80. The van der Waals surface area contributed by atoms with E-state index in [4.69, 9.17) is 15.0 Å². The summed E-state index contributed by atoms with van der Waals surface area (Å²) in [6, 6.07) is 7.85. The molecule has 2 aromatic rings. The number of benzene rings is 1. The number of aromatic nitrogens is 3. The molecule has 0 saturated carbocycles. The topological polar surface area (TPSA) is 221 Å². The normalized spacial score (nSPS) is 26.2. The van der Waals surface area contributed by atoms with E-state index in [2.05, 4.69) is 15.2 Å². The molecule has 9 N–H and O–H groups in total. The Morgan fingerprint density at radius 2 is 2.04 bits per heavy atom. The first-order valence-corrected chi connectivity index (χ1v) is 9.34. The van der Waals surface area contributed by atoms with E-state index in [1.807, 2.05) is 0 Å². The summed E-state index contributed by atoms with van der Waals surface area (Å²) in [6.07, 6.45) is -4.00. The zero-order valence-electron chi connectivity index (χ0n) is 14.8. The molecule has 0 spiro atoms. The van der Waals surface area contributed by atoms with Crippen molar-refractivity contribution < 1.29 is 33.7 Å². The van der Waals surface area contributed by atoms with Crippen LogP contribution >= 0.6 is 7.75 Å². The predicted octanol–water partition coefficient (Wildman–Crippen LogP) is -1.49. The van der Waals surface area contributed by atoms with E-state index in [0.29, 0.717) is 0 Å². The maximum absolute atomic E-state index is 12.0. The van der Waals surface area contributed by atoms with Crippen molar-refractivity contribution in [1.29, 1.82) is 0 Å². The molecular weight excluding hydrogens is 395 g/mol. The van der Waals surface area contributed by atoms with E-state index in [1.165, 1.54) is 12.1 Å². The maximum Gasteiger partial charge on any atom is 0.288 e. The Balaban J connectivity index is 0.00000280. The molecule has 0 bridgehead atoms. The number of nitrogens with one attached hydrogen (secondary N) is 1. The van der Waals surface area contributed by atoms with Gasteiger partial charge in [0.1, 0.15) is 30.4 Å². The number of quaternary nitrogens is 1. The standard InChI is InChI=1S/C14H18N5O7P.H3N/c15-12(22)13-16-7-19(18-13)14-11(21)10(20)9(25-14)6-17-27(23,24)26-8-4-2-1-3-5-8;/h1-5,7,9-11,14,20-21H,6H2,(H2,15,22)(H2,17,23,24);1H3/t9-,10-,11-,14?;/m1./s1. The summed E-state index contributed by atoms with van der Waals surface area (Å²) in [6.45, 7) is -0.361. The second-order valence-corrected chi connectivity index (χ2v) is 7.22. The molecule has 3 rings (SSSR count). The zero-order valence-corrected chi connectivity index (χ0v) is 15.7. The van der Waals surface area contributed by atoms with E-state index in [-0.39, 0.29) is 24.3 Å². The van der Waals surface area contributed by atoms with Crippen LogP contribution in [0.25, 0.3) is 0 Å². The summed E-state index contributed by atoms with van der Waals surface area (Å²) in [5.41, 5.74) is 5.05. The van der Waals surface area contributed by atoms with Crippen LogP contribution in [0.15, 0.2) is 36.7 Å². The van der Waals surface area contributed by atoms with Gasteiger partial charge in [0.25, 0.3) is 13.7 Å². The minimum atomic E-state index is -4.48. The second kappa shape index (κ2) is 8.75. The Morgan fingerprint density at radius 3 is 2.64 bits per heavy atom. The third-order valence-electron chi connectivity index (χ3n) is 3.78. The van der Waals surface area contributed by atoms with Gasteiger partial charge in [0.2, 0.25) is 5.82 Å². The number of rotatable bonds is 7. The molecule has 154 valence electrons. The van der Waals surface area contributed by atoms with Gasteiger partial charge in [-0.2, -0.15) is 0 Å². The lowest BCUT2D eigenvalue weighted by Crippen LogP contribution is -2.38. The van der Waals surface area contributed by atoms with Crippen LogP contribution in [0.2, 0.25) is 0 Å². The lowest BCUT2D eigenvalue weighted by Gasteiger charge is -2.26. The lowest BCUT2D eigenvalue weighted by atomic mass is 10.1. The highest BCUT2D eigenvalue weighted by Crippen LogP contribution is 2.35. The van der Waals surface area contributed by atoms with Crippen LogP contribution in [-0.2, 0) is 9.30 Å². The quantitative estimate of drug-likeness (QED) is 0.329. The highest BCUT2D eigenvalue weighted by molar-refractivity contribution is 7.49. The monoisotopic (exact) mass is 416 g/mol. The molecular formula is C14H21N6O7P. The van der Waals surface area contributed by atoms with Crippen molar-refractivity contribution in [2.75, 3.05) is 6.54 Å². The lowest BCUT2D eigenvalue weighted by molar-refractivity contribution is -0.195. The van der Waals surface area contributed by atoms with Crippen molar-refractivity contribution >= 4 is 13.7 Å². The highest BCUT2D eigenvalue weighted by Gasteiger charge is 2.44. The Bertz CT molecular complexity index is 850. The smallest absolute Gasteiger partial charge is 0.288 e. The van der Waals surface area contributed by atoms with Crippen LogP contribution in [0.1, 0.15) is 16.8 Å². The van der Waals surface area contributed by atoms with E-state index in [9.17, 15) is 24.5 Å². The second-order valence-electron chi connectivity index (χ2n) is 5.72. The molecule has 5 atom stereocenters. The average Bonchev–Trinajstić information content (AvgIpc) is 3.21. The van der Waals surface area contributed by atoms with Crippen LogP contribution < -0.4 is 26.4 Å². The molecule has 1 aliphatic rings. The van der Waals surface area contributed by atoms with Crippen molar-refractivity contribution in [3.8, 4) is 5.75 Å². The summed E-state index contributed by atoms with van der Waals surface area (Å²) < 4.78 is 23.3. The molecule has 1 saturated heterocycles. The fourth-order valence-corrected chi connectivity index (χ4v) is 3.35. The molecule has 1 fully saturated rings. The number of ether oxygens (including phenoxy) is 1.